The number of fused-ring (bicyclic) bond motifs is 1. The molecule has 3 heterocycles. The molecular weight excluding hydrogens is 353 g/mol. The van der Waals surface area contributed by atoms with Crippen LogP contribution in [-0.2, 0) is 17.8 Å². The van der Waals surface area contributed by atoms with Gasteiger partial charge in [-0.15, -0.1) is 35.0 Å². The molecule has 0 aliphatic carbocycles. The highest BCUT2D eigenvalue weighted by atomic mass is 35.5. The molecule has 0 spiro atoms. The van der Waals surface area contributed by atoms with Crippen LogP contribution >= 0.6 is 24.8 Å². The van der Waals surface area contributed by atoms with Gasteiger partial charge in [0.1, 0.15) is 17.2 Å². The van der Waals surface area contributed by atoms with Gasteiger partial charge >= 0.3 is 6.09 Å². The Bertz CT molecular complexity index is 551. The molecule has 1 amide bonds. The predicted molar refractivity (Wildman–Crippen MR) is 96.0 cm³/mol. The lowest BCUT2D eigenvalue weighted by molar-refractivity contribution is 0.0202. The van der Waals surface area contributed by atoms with E-state index in [1.165, 1.54) is 0 Å². The van der Waals surface area contributed by atoms with Gasteiger partial charge in [0.2, 0.25) is 0 Å². The van der Waals surface area contributed by atoms with E-state index in [-0.39, 0.29) is 30.9 Å². The largest absolute Gasteiger partial charge is 0.444 e. The second-order valence-electron chi connectivity index (χ2n) is 7.04. The lowest BCUT2D eigenvalue weighted by Crippen LogP contribution is -2.41. The first-order valence-corrected chi connectivity index (χ1v) is 8.04. The minimum atomic E-state index is -0.437. The zero-order chi connectivity index (χ0) is 15.7. The Kier molecular flexibility index (Phi) is 7.31. The Labute approximate surface area is 155 Å². The quantitative estimate of drug-likeness (QED) is 0.810. The van der Waals surface area contributed by atoms with E-state index in [1.807, 2.05) is 20.8 Å². The van der Waals surface area contributed by atoms with E-state index in [9.17, 15) is 4.79 Å². The molecule has 2 aliphatic rings. The van der Waals surface area contributed by atoms with Gasteiger partial charge in [-0.05, 0) is 33.6 Å². The average molecular weight is 380 g/mol. The summed E-state index contributed by atoms with van der Waals surface area (Å²) >= 11 is 0. The Morgan fingerprint density at radius 1 is 1.17 bits per heavy atom. The van der Waals surface area contributed by atoms with Crippen molar-refractivity contribution in [2.45, 2.75) is 58.2 Å². The highest BCUT2D eigenvalue weighted by Crippen LogP contribution is 2.28. The van der Waals surface area contributed by atoms with Crippen molar-refractivity contribution in [1.82, 2.24) is 25.0 Å². The van der Waals surface area contributed by atoms with Crippen molar-refractivity contribution in [3.8, 4) is 0 Å². The minimum absolute atomic E-state index is 0. The molecule has 0 aromatic carbocycles. The Hall–Kier alpha value is -1.05. The van der Waals surface area contributed by atoms with Crippen LogP contribution in [-0.4, -0.2) is 51.0 Å². The maximum atomic E-state index is 12.1. The van der Waals surface area contributed by atoms with Crippen molar-refractivity contribution >= 4 is 30.9 Å². The summed E-state index contributed by atoms with van der Waals surface area (Å²) in [6, 6.07) is 0. The van der Waals surface area contributed by atoms with E-state index in [2.05, 4.69) is 20.1 Å². The van der Waals surface area contributed by atoms with E-state index in [1.54, 1.807) is 4.90 Å². The summed E-state index contributed by atoms with van der Waals surface area (Å²) in [5.74, 6) is 2.49. The number of halogens is 2. The lowest BCUT2D eigenvalue weighted by atomic mass is 9.96. The van der Waals surface area contributed by atoms with Crippen LogP contribution in [0.3, 0.4) is 0 Å². The molecule has 1 N–H and O–H groups in total. The molecule has 2 aliphatic heterocycles. The number of aromatic nitrogens is 3. The molecule has 0 radical (unpaired) electrons. The summed E-state index contributed by atoms with van der Waals surface area (Å²) in [7, 11) is 0. The van der Waals surface area contributed by atoms with Gasteiger partial charge in [-0.1, -0.05) is 0 Å². The number of nitrogens with zero attached hydrogens (tertiary/aromatic N) is 4. The fourth-order valence-electron chi connectivity index (χ4n) is 3.06. The number of hydrogen-bond donors (Lipinski definition) is 1. The first-order chi connectivity index (χ1) is 10.4. The van der Waals surface area contributed by atoms with Gasteiger partial charge in [-0.3, -0.25) is 0 Å². The summed E-state index contributed by atoms with van der Waals surface area (Å²) in [4.78, 5) is 13.9. The maximum absolute atomic E-state index is 12.1. The summed E-state index contributed by atoms with van der Waals surface area (Å²) in [5, 5.41) is 12.0. The van der Waals surface area contributed by atoms with Crippen molar-refractivity contribution in [2.75, 3.05) is 19.6 Å². The first-order valence-electron chi connectivity index (χ1n) is 8.04. The molecule has 0 atom stereocenters. The van der Waals surface area contributed by atoms with Crippen LogP contribution in [0.15, 0.2) is 0 Å². The van der Waals surface area contributed by atoms with Gasteiger partial charge < -0.3 is 19.5 Å². The fraction of sp³-hybridized carbons (Fsp3) is 0.800. The zero-order valence-corrected chi connectivity index (χ0v) is 16.1. The van der Waals surface area contributed by atoms with Crippen LogP contribution in [0.5, 0.6) is 0 Å². The number of likely N-dealkylation sites (tertiary alicyclic amines) is 1. The third-order valence-corrected chi connectivity index (χ3v) is 4.16. The second-order valence-corrected chi connectivity index (χ2v) is 7.04. The van der Waals surface area contributed by atoms with Crippen LogP contribution < -0.4 is 5.32 Å². The van der Waals surface area contributed by atoms with Crippen molar-refractivity contribution in [2.24, 2.45) is 0 Å². The number of rotatable bonds is 1. The van der Waals surface area contributed by atoms with Crippen LogP contribution in [0.25, 0.3) is 0 Å². The van der Waals surface area contributed by atoms with Gasteiger partial charge in [0.15, 0.2) is 0 Å². The molecule has 7 nitrogen and oxygen atoms in total. The van der Waals surface area contributed by atoms with Crippen molar-refractivity contribution < 1.29 is 9.53 Å². The highest BCUT2D eigenvalue weighted by molar-refractivity contribution is 5.85. The Balaban J connectivity index is 0.00000144. The minimum Gasteiger partial charge on any atom is -0.444 e. The Morgan fingerprint density at radius 2 is 1.83 bits per heavy atom. The van der Waals surface area contributed by atoms with Gasteiger partial charge in [-0.25, -0.2) is 4.79 Å². The molecule has 1 aromatic rings. The molecule has 0 unspecified atom stereocenters. The van der Waals surface area contributed by atoms with Crippen LogP contribution in [0, 0.1) is 0 Å². The first kappa shape index (κ1) is 21.0. The third-order valence-electron chi connectivity index (χ3n) is 4.16. The monoisotopic (exact) mass is 379 g/mol. The summed E-state index contributed by atoms with van der Waals surface area (Å²) < 4.78 is 7.68. The van der Waals surface area contributed by atoms with Crippen LogP contribution in [0.1, 0.15) is 51.2 Å². The molecule has 138 valence electrons. The lowest BCUT2D eigenvalue weighted by Gasteiger charge is -2.33. The van der Waals surface area contributed by atoms with Gasteiger partial charge in [0, 0.05) is 32.1 Å². The standard InChI is InChI=1S/C15H25N5O2.2ClH/c1-15(2,3)22-14(21)19-7-4-11(5-8-19)13-18-17-12-10-16-6-9-20(12)13;;/h11,16H,4-10H2,1-3H3;2*1H. The summed E-state index contributed by atoms with van der Waals surface area (Å²) in [6.45, 7) is 9.83. The molecule has 3 rings (SSSR count). The van der Waals surface area contributed by atoms with E-state index < -0.39 is 5.60 Å². The number of ether oxygens (including phenoxy) is 1. The van der Waals surface area contributed by atoms with Crippen LogP contribution in [0.4, 0.5) is 4.79 Å². The molecular formula is C15H27Cl2N5O2. The highest BCUT2D eigenvalue weighted by Gasteiger charge is 2.30. The number of carbonyl (C=O) groups excluding carboxylic acids is 1. The molecule has 24 heavy (non-hydrogen) atoms. The van der Waals surface area contributed by atoms with Gasteiger partial charge in [-0.2, -0.15) is 0 Å². The van der Waals surface area contributed by atoms with Gasteiger partial charge in [0.25, 0.3) is 0 Å². The summed E-state index contributed by atoms with van der Waals surface area (Å²) in [6.07, 6.45) is 1.63. The molecule has 1 saturated heterocycles. The number of piperidine rings is 1. The smallest absolute Gasteiger partial charge is 0.410 e. The summed E-state index contributed by atoms with van der Waals surface area (Å²) in [5.41, 5.74) is -0.437. The number of amides is 1. The zero-order valence-electron chi connectivity index (χ0n) is 14.4. The number of hydrogen-bond acceptors (Lipinski definition) is 5. The normalized spacial score (nSPS) is 18.2. The third kappa shape index (κ3) is 4.74. The van der Waals surface area contributed by atoms with E-state index in [0.29, 0.717) is 5.92 Å². The molecule has 9 heteroatoms. The topological polar surface area (TPSA) is 72.3 Å². The van der Waals surface area contributed by atoms with Gasteiger partial charge in [0.05, 0.1) is 6.54 Å². The molecule has 0 bridgehead atoms. The average Bonchev–Trinajstić information content (AvgIpc) is 2.89. The fourth-order valence-corrected chi connectivity index (χ4v) is 3.06. The van der Waals surface area contributed by atoms with E-state index in [4.69, 9.17) is 4.74 Å². The van der Waals surface area contributed by atoms with Crippen molar-refractivity contribution in [1.29, 1.82) is 0 Å². The molecule has 0 saturated carbocycles. The predicted octanol–water partition coefficient (Wildman–Crippen LogP) is 2.34. The molecule has 1 aromatic heterocycles. The van der Waals surface area contributed by atoms with Crippen molar-refractivity contribution in [3.05, 3.63) is 11.6 Å². The van der Waals surface area contributed by atoms with Crippen molar-refractivity contribution in [3.63, 3.8) is 0 Å². The number of carbonyl (C=O) groups is 1. The Morgan fingerprint density at radius 3 is 2.46 bits per heavy atom. The maximum Gasteiger partial charge on any atom is 0.410 e. The molecule has 1 fully saturated rings. The SMILES string of the molecule is CC(C)(C)OC(=O)N1CCC(c2nnc3n2CCNC3)CC1.Cl.Cl. The van der Waals surface area contributed by atoms with Crippen LogP contribution in [0.2, 0.25) is 0 Å². The second kappa shape index (κ2) is 8.36. The van der Waals surface area contributed by atoms with E-state index in [0.717, 1.165) is 57.2 Å². The number of nitrogens with one attached hydrogen (secondary N) is 1. The van der Waals surface area contributed by atoms with E-state index >= 15 is 0 Å².